The van der Waals surface area contributed by atoms with Crippen LogP contribution in [-0.2, 0) is 19.9 Å². The van der Waals surface area contributed by atoms with E-state index in [1.165, 1.54) is 18.3 Å². The minimum atomic E-state index is -3.92. The Labute approximate surface area is 116 Å². The van der Waals surface area contributed by atoms with Gasteiger partial charge in [0.05, 0.1) is 11.5 Å². The lowest BCUT2D eigenvalue weighted by molar-refractivity contribution is 0.476. The first kappa shape index (κ1) is 14.7. The number of fused-ring (bicyclic) bond motifs is 1. The third-order valence-electron chi connectivity index (χ3n) is 2.64. The molecular weight excluding hydrogens is 304 g/mol. The third-order valence-corrected chi connectivity index (χ3v) is 5.33. The van der Waals surface area contributed by atoms with Gasteiger partial charge in [0.15, 0.2) is 14.9 Å². The molecule has 9 heteroatoms. The van der Waals surface area contributed by atoms with E-state index >= 15 is 0 Å². The normalized spacial score (nSPS) is 12.7. The Hall–Kier alpha value is -1.71. The summed E-state index contributed by atoms with van der Waals surface area (Å²) in [6.07, 6.45) is 1.31. The molecule has 0 saturated heterocycles. The van der Waals surface area contributed by atoms with E-state index < -0.39 is 31.4 Å². The van der Waals surface area contributed by atoms with Crippen LogP contribution in [0.2, 0.25) is 0 Å². The first-order valence-electron chi connectivity index (χ1n) is 5.50. The van der Waals surface area contributed by atoms with Gasteiger partial charge in [0, 0.05) is 11.6 Å². The molecule has 0 unspecified atom stereocenters. The zero-order chi connectivity index (χ0) is 15.0. The summed E-state index contributed by atoms with van der Waals surface area (Å²) in [7, 11) is -7.80. The number of pyridine rings is 1. The van der Waals surface area contributed by atoms with Crippen LogP contribution in [0.1, 0.15) is 0 Å². The van der Waals surface area contributed by atoms with Crippen LogP contribution in [-0.4, -0.2) is 38.4 Å². The molecule has 0 aliphatic heterocycles. The maximum absolute atomic E-state index is 12.1. The molecule has 0 radical (unpaired) electrons. The lowest BCUT2D eigenvalue weighted by Gasteiger charge is -2.07. The summed E-state index contributed by atoms with van der Waals surface area (Å²) in [5.41, 5.74) is 0. The number of nitrogens with zero attached hydrogens (tertiary/aromatic N) is 1. The molecule has 1 aromatic carbocycles. The van der Waals surface area contributed by atoms with Crippen LogP contribution in [0.3, 0.4) is 0 Å². The molecule has 0 spiro atoms. The molecule has 3 N–H and O–H groups in total. The zero-order valence-electron chi connectivity index (χ0n) is 10.2. The van der Waals surface area contributed by atoms with Gasteiger partial charge in [-0.05, 0) is 23.6 Å². The molecule has 0 aliphatic carbocycles. The first-order valence-corrected chi connectivity index (χ1v) is 8.87. The molecule has 7 nitrogen and oxygen atoms in total. The van der Waals surface area contributed by atoms with Crippen molar-refractivity contribution in [3.05, 3.63) is 30.5 Å². The van der Waals surface area contributed by atoms with Crippen molar-refractivity contribution in [1.82, 2.24) is 4.98 Å². The van der Waals surface area contributed by atoms with E-state index in [2.05, 4.69) is 4.98 Å². The third kappa shape index (κ3) is 3.24. The van der Waals surface area contributed by atoms with Gasteiger partial charge in [0.25, 0.3) is 0 Å². The van der Waals surface area contributed by atoms with Crippen molar-refractivity contribution < 1.29 is 21.9 Å². The molecular formula is C11H12N2O5S2. The lowest BCUT2D eigenvalue weighted by atomic mass is 10.2. The highest BCUT2D eigenvalue weighted by molar-refractivity contribution is 7.94. The second-order valence-corrected chi connectivity index (χ2v) is 7.97. The Morgan fingerprint density at radius 1 is 1.10 bits per heavy atom. The molecule has 0 saturated carbocycles. The van der Waals surface area contributed by atoms with E-state index in [0.29, 0.717) is 5.39 Å². The van der Waals surface area contributed by atoms with E-state index in [4.69, 9.17) is 5.14 Å². The number of hydrogen-bond acceptors (Lipinski definition) is 6. The monoisotopic (exact) mass is 316 g/mol. The Morgan fingerprint density at radius 3 is 2.45 bits per heavy atom. The minimum Gasteiger partial charge on any atom is -0.508 e. The Bertz CT molecular complexity index is 860. The van der Waals surface area contributed by atoms with Gasteiger partial charge in [0.1, 0.15) is 5.75 Å². The van der Waals surface area contributed by atoms with Crippen molar-refractivity contribution in [2.45, 2.75) is 5.03 Å². The molecule has 1 aromatic heterocycles. The van der Waals surface area contributed by atoms with Crippen LogP contribution >= 0.6 is 0 Å². The van der Waals surface area contributed by atoms with Crippen molar-refractivity contribution in [3.63, 3.8) is 0 Å². The molecule has 0 amide bonds. The second kappa shape index (κ2) is 5.00. The SMILES string of the molecule is NS(=O)(=O)CCS(=O)(=O)c1nccc2ccc(O)cc12. The summed E-state index contributed by atoms with van der Waals surface area (Å²) >= 11 is 0. The lowest BCUT2D eigenvalue weighted by Crippen LogP contribution is -2.23. The number of benzene rings is 1. The minimum absolute atomic E-state index is 0.103. The van der Waals surface area contributed by atoms with Gasteiger partial charge in [-0.2, -0.15) is 0 Å². The number of phenolic OH excluding ortho intramolecular Hbond substituents is 1. The second-order valence-electron chi connectivity index (χ2n) is 4.21. The Balaban J connectivity index is 2.54. The van der Waals surface area contributed by atoms with E-state index in [0.717, 1.165) is 0 Å². The average Bonchev–Trinajstić information content (AvgIpc) is 2.35. The van der Waals surface area contributed by atoms with Crippen LogP contribution in [0.5, 0.6) is 5.75 Å². The van der Waals surface area contributed by atoms with Gasteiger partial charge in [-0.25, -0.2) is 27.0 Å². The van der Waals surface area contributed by atoms with Crippen molar-refractivity contribution in [2.75, 3.05) is 11.5 Å². The molecule has 0 fully saturated rings. The predicted octanol–water partition coefficient (Wildman–Crippen LogP) is 0.00260. The molecule has 20 heavy (non-hydrogen) atoms. The van der Waals surface area contributed by atoms with Crippen molar-refractivity contribution in [1.29, 1.82) is 0 Å². The number of aromatic nitrogens is 1. The maximum Gasteiger partial charge on any atom is 0.210 e. The first-order chi connectivity index (χ1) is 9.19. The Morgan fingerprint density at radius 2 is 1.80 bits per heavy atom. The highest BCUT2D eigenvalue weighted by Crippen LogP contribution is 2.25. The van der Waals surface area contributed by atoms with Gasteiger partial charge in [0.2, 0.25) is 10.0 Å². The highest BCUT2D eigenvalue weighted by Gasteiger charge is 2.21. The summed E-state index contributed by atoms with van der Waals surface area (Å²) in [5.74, 6) is -1.45. The molecule has 0 aliphatic rings. The van der Waals surface area contributed by atoms with E-state index in [1.807, 2.05) is 0 Å². The number of sulfone groups is 1. The largest absolute Gasteiger partial charge is 0.508 e. The fourth-order valence-corrected chi connectivity index (χ4v) is 4.43. The number of sulfonamides is 1. The summed E-state index contributed by atoms with van der Waals surface area (Å²) in [6, 6.07) is 5.83. The van der Waals surface area contributed by atoms with Crippen molar-refractivity contribution >= 4 is 30.6 Å². The van der Waals surface area contributed by atoms with Crippen LogP contribution < -0.4 is 5.14 Å². The number of rotatable bonds is 4. The van der Waals surface area contributed by atoms with Crippen LogP contribution in [0.25, 0.3) is 10.8 Å². The zero-order valence-corrected chi connectivity index (χ0v) is 11.9. The topological polar surface area (TPSA) is 127 Å². The molecule has 0 atom stereocenters. The van der Waals surface area contributed by atoms with Gasteiger partial charge < -0.3 is 5.11 Å². The number of primary sulfonamides is 1. The van der Waals surface area contributed by atoms with Crippen LogP contribution in [0.4, 0.5) is 0 Å². The maximum atomic E-state index is 12.1. The molecule has 2 rings (SSSR count). The fraction of sp³-hybridized carbons (Fsp3) is 0.182. The fourth-order valence-electron chi connectivity index (χ4n) is 1.70. The standard InChI is InChI=1S/C11H12N2O5S2/c12-20(17,18)6-5-19(15,16)11-10-7-9(14)2-1-8(10)3-4-13-11/h1-4,7,14H,5-6H2,(H2,12,17,18). The van der Waals surface area contributed by atoms with E-state index in [9.17, 15) is 21.9 Å². The Kier molecular flexibility index (Phi) is 3.67. The quantitative estimate of drug-likeness (QED) is 0.817. The number of hydrogen-bond donors (Lipinski definition) is 2. The highest BCUT2D eigenvalue weighted by atomic mass is 32.2. The summed E-state index contributed by atoms with van der Waals surface area (Å²) in [4.78, 5) is 3.79. The number of aromatic hydroxyl groups is 1. The van der Waals surface area contributed by atoms with Crippen LogP contribution in [0.15, 0.2) is 35.5 Å². The predicted molar refractivity (Wildman–Crippen MR) is 73.4 cm³/mol. The van der Waals surface area contributed by atoms with Crippen molar-refractivity contribution in [3.8, 4) is 5.75 Å². The number of nitrogens with two attached hydrogens (primary N) is 1. The molecule has 2 aromatic rings. The summed E-state index contributed by atoms with van der Waals surface area (Å²) in [5, 5.41) is 14.8. The van der Waals surface area contributed by atoms with Gasteiger partial charge >= 0.3 is 0 Å². The average molecular weight is 316 g/mol. The van der Waals surface area contributed by atoms with E-state index in [-0.39, 0.29) is 16.2 Å². The molecule has 1 heterocycles. The van der Waals surface area contributed by atoms with Gasteiger partial charge in [-0.15, -0.1) is 0 Å². The molecule has 108 valence electrons. The molecule has 0 bridgehead atoms. The van der Waals surface area contributed by atoms with E-state index in [1.54, 1.807) is 12.1 Å². The van der Waals surface area contributed by atoms with Crippen LogP contribution in [0, 0.1) is 0 Å². The summed E-state index contributed by atoms with van der Waals surface area (Å²) in [6.45, 7) is 0. The smallest absolute Gasteiger partial charge is 0.210 e. The number of phenols is 1. The van der Waals surface area contributed by atoms with Crippen molar-refractivity contribution in [2.24, 2.45) is 5.14 Å². The van der Waals surface area contributed by atoms with Gasteiger partial charge in [-0.3, -0.25) is 0 Å². The van der Waals surface area contributed by atoms with Gasteiger partial charge in [-0.1, -0.05) is 6.07 Å². The summed E-state index contributed by atoms with van der Waals surface area (Å²) < 4.78 is 46.0.